The molecule has 0 saturated heterocycles. The largest absolute Gasteiger partial charge is 0.381 e. The average molecular weight is 257 g/mol. The minimum Gasteiger partial charge on any atom is -0.381 e. The number of ether oxygens (including phenoxy) is 1. The molecule has 0 aliphatic rings. The van der Waals surface area contributed by atoms with E-state index in [4.69, 9.17) is 15.4 Å². The summed E-state index contributed by atoms with van der Waals surface area (Å²) < 4.78 is 27.1. The van der Waals surface area contributed by atoms with E-state index in [1.54, 1.807) is 0 Å². The predicted molar refractivity (Wildman–Crippen MR) is 63.8 cm³/mol. The summed E-state index contributed by atoms with van der Waals surface area (Å²) in [5.41, 5.74) is 0. The van der Waals surface area contributed by atoms with Crippen molar-refractivity contribution in [2.24, 2.45) is 5.92 Å². The lowest BCUT2D eigenvalue weighted by atomic mass is 10.1. The molecule has 0 fully saturated rings. The van der Waals surface area contributed by atoms with Crippen LogP contribution in [0.2, 0.25) is 0 Å². The minimum atomic E-state index is -3.39. The Labute approximate surface area is 97.6 Å². The second-order valence-electron chi connectivity index (χ2n) is 3.76. The van der Waals surface area contributed by atoms with E-state index < -0.39 is 9.05 Å². The Kier molecular flexibility index (Phi) is 8.47. The predicted octanol–water partition coefficient (Wildman–Crippen LogP) is 2.79. The van der Waals surface area contributed by atoms with Crippen LogP contribution in [0, 0.1) is 5.92 Å². The highest BCUT2D eigenvalue weighted by Crippen LogP contribution is 2.10. The zero-order valence-electron chi connectivity index (χ0n) is 9.54. The highest BCUT2D eigenvalue weighted by Gasteiger charge is 2.15. The van der Waals surface area contributed by atoms with Crippen molar-refractivity contribution in [2.75, 3.05) is 19.0 Å². The SMILES string of the molecule is CCCCCOCC(CC)CS(=O)(=O)Cl. The molecule has 15 heavy (non-hydrogen) atoms. The van der Waals surface area contributed by atoms with E-state index in [9.17, 15) is 8.42 Å². The van der Waals surface area contributed by atoms with Gasteiger partial charge in [0.2, 0.25) is 9.05 Å². The van der Waals surface area contributed by atoms with Gasteiger partial charge in [0.25, 0.3) is 0 Å². The molecule has 0 saturated carbocycles. The van der Waals surface area contributed by atoms with Crippen molar-refractivity contribution < 1.29 is 13.2 Å². The van der Waals surface area contributed by atoms with E-state index in [0.717, 1.165) is 25.7 Å². The fraction of sp³-hybridized carbons (Fsp3) is 1.00. The normalized spacial score (nSPS) is 14.1. The van der Waals surface area contributed by atoms with E-state index in [2.05, 4.69) is 6.92 Å². The Bertz CT molecular complexity index is 239. The van der Waals surface area contributed by atoms with Crippen molar-refractivity contribution in [1.29, 1.82) is 0 Å². The molecule has 0 aliphatic heterocycles. The van der Waals surface area contributed by atoms with E-state index in [-0.39, 0.29) is 11.7 Å². The summed E-state index contributed by atoms with van der Waals surface area (Å²) in [5.74, 6) is 0.0351. The van der Waals surface area contributed by atoms with Gasteiger partial charge in [-0.05, 0) is 12.3 Å². The maximum Gasteiger partial charge on any atom is 0.232 e. The summed E-state index contributed by atoms with van der Waals surface area (Å²) in [5, 5.41) is 0. The van der Waals surface area contributed by atoms with Crippen LogP contribution in [0.25, 0.3) is 0 Å². The van der Waals surface area contributed by atoms with E-state index >= 15 is 0 Å². The fourth-order valence-corrected chi connectivity index (χ4v) is 2.70. The number of rotatable bonds is 9. The molecule has 0 radical (unpaired) electrons. The molecule has 3 nitrogen and oxygen atoms in total. The maximum absolute atomic E-state index is 10.8. The van der Waals surface area contributed by atoms with Crippen LogP contribution in [-0.4, -0.2) is 27.4 Å². The molecular weight excluding hydrogens is 236 g/mol. The van der Waals surface area contributed by atoms with Gasteiger partial charge in [0, 0.05) is 17.3 Å². The molecule has 1 atom stereocenters. The summed E-state index contributed by atoms with van der Waals surface area (Å²) in [6.45, 7) is 5.29. The second-order valence-corrected chi connectivity index (χ2v) is 6.58. The quantitative estimate of drug-likeness (QED) is 0.471. The van der Waals surface area contributed by atoms with E-state index in [1.165, 1.54) is 0 Å². The molecular formula is C10H21ClO3S. The van der Waals surface area contributed by atoms with Gasteiger partial charge in [-0.2, -0.15) is 0 Å². The highest BCUT2D eigenvalue weighted by molar-refractivity contribution is 8.13. The molecule has 1 unspecified atom stereocenters. The van der Waals surface area contributed by atoms with Crippen LogP contribution in [0.5, 0.6) is 0 Å². The van der Waals surface area contributed by atoms with Gasteiger partial charge in [-0.3, -0.25) is 0 Å². The second kappa shape index (κ2) is 8.36. The lowest BCUT2D eigenvalue weighted by molar-refractivity contribution is 0.101. The third-order valence-electron chi connectivity index (χ3n) is 2.26. The summed E-state index contributed by atoms with van der Waals surface area (Å²) in [6.07, 6.45) is 4.14. The molecule has 5 heteroatoms. The third kappa shape index (κ3) is 10.5. The lowest BCUT2D eigenvalue weighted by Gasteiger charge is -2.12. The molecule has 0 aliphatic carbocycles. The van der Waals surface area contributed by atoms with Gasteiger partial charge in [0.1, 0.15) is 0 Å². The molecule has 0 N–H and O–H groups in total. The maximum atomic E-state index is 10.8. The number of hydrogen-bond acceptors (Lipinski definition) is 3. The smallest absolute Gasteiger partial charge is 0.232 e. The topological polar surface area (TPSA) is 43.4 Å². The molecule has 0 bridgehead atoms. The van der Waals surface area contributed by atoms with Crippen molar-refractivity contribution in [2.45, 2.75) is 39.5 Å². The molecule has 0 amide bonds. The van der Waals surface area contributed by atoms with E-state index in [1.807, 2.05) is 6.92 Å². The van der Waals surface area contributed by atoms with Crippen molar-refractivity contribution in [3.63, 3.8) is 0 Å². The average Bonchev–Trinajstić information content (AvgIpc) is 2.14. The molecule has 0 rings (SSSR count). The van der Waals surface area contributed by atoms with Gasteiger partial charge in [0.15, 0.2) is 0 Å². The fourth-order valence-electron chi connectivity index (χ4n) is 1.27. The minimum absolute atomic E-state index is 0.0127. The molecule has 0 aromatic rings. The van der Waals surface area contributed by atoms with Crippen LogP contribution in [0.4, 0.5) is 0 Å². The van der Waals surface area contributed by atoms with E-state index in [0.29, 0.717) is 13.2 Å². The highest BCUT2D eigenvalue weighted by atomic mass is 35.7. The number of halogens is 1. The van der Waals surface area contributed by atoms with Crippen molar-refractivity contribution in [3.05, 3.63) is 0 Å². The zero-order valence-corrected chi connectivity index (χ0v) is 11.1. The molecule has 0 aromatic heterocycles. The van der Waals surface area contributed by atoms with Crippen LogP contribution >= 0.6 is 10.7 Å². The molecule has 92 valence electrons. The first-order chi connectivity index (χ1) is 6.99. The van der Waals surface area contributed by atoms with Crippen LogP contribution in [-0.2, 0) is 13.8 Å². The molecule has 0 aromatic carbocycles. The lowest BCUT2D eigenvalue weighted by Crippen LogP contribution is -2.17. The molecule has 0 heterocycles. The summed E-state index contributed by atoms with van der Waals surface area (Å²) in [6, 6.07) is 0. The van der Waals surface area contributed by atoms with Gasteiger partial charge in [-0.1, -0.05) is 33.1 Å². The first-order valence-electron chi connectivity index (χ1n) is 5.49. The third-order valence-corrected chi connectivity index (χ3v) is 3.51. The van der Waals surface area contributed by atoms with Crippen molar-refractivity contribution >= 4 is 19.7 Å². The number of hydrogen-bond donors (Lipinski definition) is 0. The summed E-state index contributed by atoms with van der Waals surface area (Å²) >= 11 is 0. The Balaban J connectivity index is 3.62. The van der Waals surface area contributed by atoms with Crippen LogP contribution in [0.1, 0.15) is 39.5 Å². The Hall–Kier alpha value is 0.200. The van der Waals surface area contributed by atoms with Crippen LogP contribution in [0.3, 0.4) is 0 Å². The molecule has 0 spiro atoms. The van der Waals surface area contributed by atoms with Crippen LogP contribution in [0.15, 0.2) is 0 Å². The Morgan fingerprint density at radius 1 is 1.27 bits per heavy atom. The van der Waals surface area contributed by atoms with Crippen LogP contribution < -0.4 is 0 Å². The Morgan fingerprint density at radius 3 is 2.40 bits per heavy atom. The number of unbranched alkanes of at least 4 members (excludes halogenated alkanes) is 2. The van der Waals surface area contributed by atoms with Crippen molar-refractivity contribution in [3.8, 4) is 0 Å². The van der Waals surface area contributed by atoms with Gasteiger partial charge >= 0.3 is 0 Å². The monoisotopic (exact) mass is 256 g/mol. The van der Waals surface area contributed by atoms with Gasteiger partial charge in [-0.25, -0.2) is 8.42 Å². The first-order valence-corrected chi connectivity index (χ1v) is 7.97. The first kappa shape index (κ1) is 15.2. The summed E-state index contributed by atoms with van der Waals surface area (Å²) in [7, 11) is 1.80. The summed E-state index contributed by atoms with van der Waals surface area (Å²) in [4.78, 5) is 0. The zero-order chi connectivity index (χ0) is 11.7. The standard InChI is InChI=1S/C10H21ClO3S/c1-3-5-6-7-14-8-10(4-2)9-15(11,12)13/h10H,3-9H2,1-2H3. The van der Waals surface area contributed by atoms with Gasteiger partial charge in [0.05, 0.1) is 12.4 Å². The van der Waals surface area contributed by atoms with Crippen molar-refractivity contribution in [1.82, 2.24) is 0 Å². The Morgan fingerprint density at radius 2 is 1.93 bits per heavy atom. The van der Waals surface area contributed by atoms with Gasteiger partial charge in [-0.15, -0.1) is 0 Å². The van der Waals surface area contributed by atoms with Gasteiger partial charge < -0.3 is 4.74 Å².